The first kappa shape index (κ1) is 26.2. The summed E-state index contributed by atoms with van der Waals surface area (Å²) >= 11 is 0. The number of fused-ring (bicyclic) bond motifs is 1. The van der Waals surface area contributed by atoms with Crippen LogP contribution >= 0.6 is 0 Å². The molecule has 0 aliphatic heterocycles. The topological polar surface area (TPSA) is 110 Å². The van der Waals surface area contributed by atoms with E-state index in [9.17, 15) is 14.7 Å². The van der Waals surface area contributed by atoms with E-state index < -0.39 is 29.4 Å². The van der Waals surface area contributed by atoms with Crippen LogP contribution in [-0.4, -0.2) is 64.3 Å². The fraction of sp³-hybridized carbons (Fsp3) is 0.462. The lowest BCUT2D eigenvalue weighted by Crippen LogP contribution is -2.52. The first-order valence-electron chi connectivity index (χ1n) is 11.1. The summed E-state index contributed by atoms with van der Waals surface area (Å²) in [6.07, 6.45) is 0.145. The lowest BCUT2D eigenvalue weighted by molar-refractivity contribution is -0.161. The molecule has 0 bridgehead atoms. The molecule has 1 N–H and O–H groups in total. The zero-order chi connectivity index (χ0) is 25.8. The number of esters is 2. The summed E-state index contributed by atoms with van der Waals surface area (Å²) in [5.74, 6) is -0.0557. The highest BCUT2D eigenvalue weighted by atomic mass is 16.5. The van der Waals surface area contributed by atoms with Gasteiger partial charge in [-0.15, -0.1) is 0 Å². The molecule has 0 radical (unpaired) electrons. The lowest BCUT2D eigenvalue weighted by Gasteiger charge is -2.45. The zero-order valence-corrected chi connectivity index (χ0v) is 20.9. The Labute approximate surface area is 204 Å². The van der Waals surface area contributed by atoms with Crippen molar-refractivity contribution in [3.8, 4) is 23.0 Å². The van der Waals surface area contributed by atoms with E-state index in [1.54, 1.807) is 20.3 Å². The molecule has 0 heterocycles. The van der Waals surface area contributed by atoms with Crippen molar-refractivity contribution in [1.82, 2.24) is 0 Å². The summed E-state index contributed by atoms with van der Waals surface area (Å²) in [6.45, 7) is 2.22. The van der Waals surface area contributed by atoms with Gasteiger partial charge in [-0.1, -0.05) is 6.07 Å². The summed E-state index contributed by atoms with van der Waals surface area (Å²) in [5.41, 5.74) is 0.899. The number of rotatable bonds is 9. The maximum atomic E-state index is 11.9. The third-order valence-corrected chi connectivity index (χ3v) is 6.33. The predicted molar refractivity (Wildman–Crippen MR) is 126 cm³/mol. The van der Waals surface area contributed by atoms with Gasteiger partial charge in [0.1, 0.15) is 12.2 Å². The number of carbonyl (C=O) groups is 2. The minimum atomic E-state index is -1.54. The van der Waals surface area contributed by atoms with E-state index in [2.05, 4.69) is 0 Å². The van der Waals surface area contributed by atoms with Crippen LogP contribution in [0.4, 0.5) is 0 Å². The first-order chi connectivity index (χ1) is 16.7. The summed E-state index contributed by atoms with van der Waals surface area (Å²) in [4.78, 5) is 23.4. The monoisotopic (exact) mass is 488 g/mol. The van der Waals surface area contributed by atoms with Gasteiger partial charge < -0.3 is 33.5 Å². The third-order valence-electron chi connectivity index (χ3n) is 6.33. The van der Waals surface area contributed by atoms with Gasteiger partial charge in [-0.05, 0) is 41.0 Å². The largest absolute Gasteiger partial charge is 0.493 e. The highest BCUT2D eigenvalue weighted by molar-refractivity contribution is 5.66. The summed E-state index contributed by atoms with van der Waals surface area (Å²) in [7, 11) is 6.17. The average molecular weight is 489 g/mol. The van der Waals surface area contributed by atoms with Crippen LogP contribution in [0.2, 0.25) is 0 Å². The molecule has 0 amide bonds. The number of aliphatic hydroxyl groups is 1. The Bertz CT molecular complexity index is 1080. The molecule has 2 aromatic carbocycles. The van der Waals surface area contributed by atoms with Crippen molar-refractivity contribution < 1.29 is 43.1 Å². The fourth-order valence-electron chi connectivity index (χ4n) is 4.67. The number of methoxy groups -OCH3 is 4. The van der Waals surface area contributed by atoms with Crippen molar-refractivity contribution in [2.45, 2.75) is 31.8 Å². The molecule has 190 valence electrons. The van der Waals surface area contributed by atoms with E-state index in [-0.39, 0.29) is 19.6 Å². The molecule has 0 aromatic heterocycles. The molecular weight excluding hydrogens is 456 g/mol. The molecule has 3 rings (SSSR count). The van der Waals surface area contributed by atoms with Crippen molar-refractivity contribution in [3.63, 3.8) is 0 Å². The Morgan fingerprint density at radius 2 is 1.43 bits per heavy atom. The predicted octanol–water partition coefficient (Wildman–Crippen LogP) is 2.88. The van der Waals surface area contributed by atoms with Crippen LogP contribution in [0.1, 0.15) is 36.5 Å². The molecule has 9 nitrogen and oxygen atoms in total. The Kier molecular flexibility index (Phi) is 8.11. The van der Waals surface area contributed by atoms with Crippen LogP contribution < -0.4 is 18.9 Å². The molecule has 1 aliphatic rings. The molecule has 0 spiro atoms. The van der Waals surface area contributed by atoms with Crippen molar-refractivity contribution in [2.75, 3.05) is 41.7 Å². The minimum Gasteiger partial charge on any atom is -0.493 e. The Morgan fingerprint density at radius 3 is 2.00 bits per heavy atom. The molecule has 2 aromatic rings. The second-order valence-electron chi connectivity index (χ2n) is 8.47. The van der Waals surface area contributed by atoms with E-state index in [4.69, 9.17) is 28.4 Å². The van der Waals surface area contributed by atoms with Gasteiger partial charge in [-0.3, -0.25) is 9.59 Å². The van der Waals surface area contributed by atoms with E-state index >= 15 is 0 Å². The fourth-order valence-corrected chi connectivity index (χ4v) is 4.67. The van der Waals surface area contributed by atoms with Crippen LogP contribution in [0, 0.1) is 5.92 Å². The minimum absolute atomic E-state index is 0.0973. The highest BCUT2D eigenvalue weighted by Crippen LogP contribution is 2.50. The van der Waals surface area contributed by atoms with Gasteiger partial charge in [0.15, 0.2) is 23.0 Å². The van der Waals surface area contributed by atoms with Crippen molar-refractivity contribution >= 4 is 11.9 Å². The van der Waals surface area contributed by atoms with E-state index in [0.29, 0.717) is 23.0 Å². The molecule has 0 fully saturated rings. The average Bonchev–Trinajstić information content (AvgIpc) is 2.84. The maximum Gasteiger partial charge on any atom is 0.302 e. The van der Waals surface area contributed by atoms with Crippen molar-refractivity contribution in [2.24, 2.45) is 5.92 Å². The van der Waals surface area contributed by atoms with Crippen LogP contribution in [0.25, 0.3) is 0 Å². The van der Waals surface area contributed by atoms with Gasteiger partial charge in [0.2, 0.25) is 0 Å². The normalized spacial score (nSPS) is 20.9. The number of benzene rings is 2. The smallest absolute Gasteiger partial charge is 0.302 e. The van der Waals surface area contributed by atoms with Crippen LogP contribution in [0.15, 0.2) is 30.3 Å². The van der Waals surface area contributed by atoms with Gasteiger partial charge in [-0.2, -0.15) is 0 Å². The Hall–Kier alpha value is -3.46. The van der Waals surface area contributed by atoms with Crippen molar-refractivity contribution in [3.05, 3.63) is 47.0 Å². The summed E-state index contributed by atoms with van der Waals surface area (Å²) in [6, 6.07) is 9.13. The lowest BCUT2D eigenvalue weighted by atomic mass is 9.64. The Balaban J connectivity index is 2.26. The summed E-state index contributed by atoms with van der Waals surface area (Å²) < 4.78 is 32.6. The van der Waals surface area contributed by atoms with Crippen LogP contribution in [0.5, 0.6) is 23.0 Å². The maximum absolute atomic E-state index is 11.9. The molecular formula is C26H32O9. The number of carbonyl (C=O) groups excluding carboxylic acids is 2. The quantitative estimate of drug-likeness (QED) is 0.533. The second-order valence-corrected chi connectivity index (χ2v) is 8.47. The standard InChI is InChI=1S/C26H32O9/c1-15(27)34-13-20-25(17-7-8-21(30-3)22(9-17)31-4)19-11-24(33-6)23(32-5)10-18(19)12-26(20,29)14-35-16(2)28/h7-11,20,25,29H,12-14H2,1-6H3/t20-,25-,26+/m0/s1. The van der Waals surface area contributed by atoms with Gasteiger partial charge in [-0.25, -0.2) is 0 Å². The highest BCUT2D eigenvalue weighted by Gasteiger charge is 2.49. The van der Waals surface area contributed by atoms with Crippen LogP contribution in [0.3, 0.4) is 0 Å². The first-order valence-corrected chi connectivity index (χ1v) is 11.1. The molecule has 35 heavy (non-hydrogen) atoms. The van der Waals surface area contributed by atoms with Crippen LogP contribution in [-0.2, 0) is 25.5 Å². The third kappa shape index (κ3) is 5.45. The molecule has 9 heteroatoms. The van der Waals surface area contributed by atoms with E-state index in [1.165, 1.54) is 28.1 Å². The van der Waals surface area contributed by atoms with E-state index in [0.717, 1.165) is 16.7 Å². The Morgan fingerprint density at radius 1 is 0.857 bits per heavy atom. The SMILES string of the molecule is COc1ccc([C@H]2c3cc(OC)c(OC)cc3C[C@@](O)(COC(C)=O)[C@H]2COC(C)=O)cc1OC. The second kappa shape index (κ2) is 10.9. The molecule has 0 saturated heterocycles. The number of hydrogen-bond acceptors (Lipinski definition) is 9. The number of ether oxygens (including phenoxy) is 6. The van der Waals surface area contributed by atoms with Gasteiger partial charge in [0.05, 0.1) is 35.0 Å². The molecule has 0 saturated carbocycles. The number of hydrogen-bond donors (Lipinski definition) is 1. The molecule has 1 aliphatic carbocycles. The molecule has 3 atom stereocenters. The van der Waals surface area contributed by atoms with Gasteiger partial charge in [0.25, 0.3) is 0 Å². The van der Waals surface area contributed by atoms with Gasteiger partial charge >= 0.3 is 11.9 Å². The van der Waals surface area contributed by atoms with Crippen molar-refractivity contribution in [1.29, 1.82) is 0 Å². The molecule has 0 unspecified atom stereocenters. The zero-order valence-electron chi connectivity index (χ0n) is 20.9. The summed E-state index contributed by atoms with van der Waals surface area (Å²) in [5, 5.41) is 11.9. The van der Waals surface area contributed by atoms with E-state index in [1.807, 2.05) is 24.3 Å². The van der Waals surface area contributed by atoms with Gasteiger partial charge in [0, 0.05) is 32.1 Å².